The number of nitro groups is 1. The second-order valence-electron chi connectivity index (χ2n) is 2.16. The van der Waals surface area contributed by atoms with Gasteiger partial charge in [-0.3, -0.25) is 10.1 Å². The predicted octanol–water partition coefficient (Wildman–Crippen LogP) is 2.59. The minimum absolute atomic E-state index is 0.513. The molecule has 0 amide bonds. The molecule has 0 N–H and O–H groups in total. The van der Waals surface area contributed by atoms with Gasteiger partial charge in [-0.1, -0.05) is 23.7 Å². The molecule has 62 valence electrons. The molecular weight excluding hydrogens is 178 g/mol. The first kappa shape index (κ1) is 8.74. The Morgan fingerprint density at radius 2 is 2.25 bits per heavy atom. The lowest BCUT2D eigenvalue weighted by Crippen LogP contribution is -1.82. The third-order valence-corrected chi connectivity index (χ3v) is 1.47. The SMILES string of the molecule is O=[N+]([O-])/C=C\c1cccc(Cl)c1. The lowest BCUT2D eigenvalue weighted by Gasteiger charge is -1.90. The van der Waals surface area contributed by atoms with Crippen LogP contribution in [0.25, 0.3) is 6.08 Å². The molecule has 1 rings (SSSR count). The summed E-state index contributed by atoms with van der Waals surface area (Å²) in [6.45, 7) is 0. The molecule has 1 aromatic rings. The molecule has 0 aliphatic carbocycles. The molecule has 4 heteroatoms. The van der Waals surface area contributed by atoms with E-state index in [4.69, 9.17) is 11.6 Å². The van der Waals surface area contributed by atoms with Gasteiger partial charge in [-0.05, 0) is 17.7 Å². The monoisotopic (exact) mass is 183 g/mol. The Bertz CT molecular complexity index is 323. The molecule has 0 saturated carbocycles. The van der Waals surface area contributed by atoms with Crippen LogP contribution < -0.4 is 0 Å². The number of rotatable bonds is 2. The van der Waals surface area contributed by atoms with E-state index in [1.807, 2.05) is 0 Å². The lowest BCUT2D eigenvalue weighted by molar-refractivity contribution is -0.400. The van der Waals surface area contributed by atoms with Gasteiger partial charge >= 0.3 is 0 Å². The summed E-state index contributed by atoms with van der Waals surface area (Å²) >= 11 is 5.66. The number of hydrogen-bond acceptors (Lipinski definition) is 2. The molecule has 1 aromatic carbocycles. The van der Waals surface area contributed by atoms with Crippen LogP contribution in [0, 0.1) is 10.1 Å². The molecular formula is C8H6ClNO2. The third kappa shape index (κ3) is 2.72. The molecule has 0 spiro atoms. The largest absolute Gasteiger partial charge is 0.259 e. The van der Waals surface area contributed by atoms with Crippen LogP contribution in [0.2, 0.25) is 5.02 Å². The molecule has 0 bridgehead atoms. The molecule has 0 aromatic heterocycles. The Balaban J connectivity index is 2.83. The summed E-state index contributed by atoms with van der Waals surface area (Å²) in [7, 11) is 0. The highest BCUT2D eigenvalue weighted by Crippen LogP contribution is 2.11. The van der Waals surface area contributed by atoms with Gasteiger partial charge in [0.25, 0.3) is 0 Å². The summed E-state index contributed by atoms with van der Waals surface area (Å²) in [4.78, 5) is 9.43. The second-order valence-corrected chi connectivity index (χ2v) is 2.59. The first-order chi connectivity index (χ1) is 5.68. The van der Waals surface area contributed by atoms with Crippen molar-refractivity contribution < 1.29 is 4.92 Å². The smallest absolute Gasteiger partial charge is 0.235 e. The van der Waals surface area contributed by atoms with Gasteiger partial charge in [-0.2, -0.15) is 0 Å². The Kier molecular flexibility index (Phi) is 2.82. The Hall–Kier alpha value is -1.35. The van der Waals surface area contributed by atoms with Crippen LogP contribution in [0.1, 0.15) is 5.56 Å². The second kappa shape index (κ2) is 3.88. The van der Waals surface area contributed by atoms with Gasteiger partial charge in [0, 0.05) is 11.1 Å². The van der Waals surface area contributed by atoms with Crippen LogP contribution in [0.3, 0.4) is 0 Å². The van der Waals surface area contributed by atoms with Crippen molar-refractivity contribution in [2.24, 2.45) is 0 Å². The van der Waals surface area contributed by atoms with Gasteiger partial charge in [0.2, 0.25) is 6.20 Å². The van der Waals surface area contributed by atoms with Gasteiger partial charge in [-0.15, -0.1) is 0 Å². The van der Waals surface area contributed by atoms with E-state index < -0.39 is 4.92 Å². The highest BCUT2D eigenvalue weighted by Gasteiger charge is 1.90. The number of hydrogen-bond donors (Lipinski definition) is 0. The van der Waals surface area contributed by atoms with Crippen LogP contribution >= 0.6 is 11.6 Å². The normalized spacial score (nSPS) is 10.4. The maximum atomic E-state index is 9.94. The van der Waals surface area contributed by atoms with Crippen molar-refractivity contribution in [2.75, 3.05) is 0 Å². The first-order valence-electron chi connectivity index (χ1n) is 3.26. The van der Waals surface area contributed by atoms with E-state index in [-0.39, 0.29) is 0 Å². The zero-order valence-electron chi connectivity index (χ0n) is 6.11. The van der Waals surface area contributed by atoms with Gasteiger partial charge in [0.05, 0.1) is 4.92 Å². The van der Waals surface area contributed by atoms with Crippen LogP contribution in [-0.2, 0) is 0 Å². The minimum Gasteiger partial charge on any atom is -0.259 e. The molecule has 0 saturated heterocycles. The van der Waals surface area contributed by atoms with Crippen LogP contribution in [0.5, 0.6) is 0 Å². The Morgan fingerprint density at radius 1 is 1.50 bits per heavy atom. The number of halogens is 1. The summed E-state index contributed by atoms with van der Waals surface area (Å²) in [6.07, 6.45) is 2.28. The lowest BCUT2D eigenvalue weighted by atomic mass is 10.2. The average molecular weight is 184 g/mol. The van der Waals surface area contributed by atoms with Crippen LogP contribution in [0.15, 0.2) is 30.5 Å². The highest BCUT2D eigenvalue weighted by molar-refractivity contribution is 6.30. The van der Waals surface area contributed by atoms with Crippen molar-refractivity contribution in [3.63, 3.8) is 0 Å². The summed E-state index contributed by atoms with van der Waals surface area (Å²) in [5.74, 6) is 0. The predicted molar refractivity (Wildman–Crippen MR) is 47.5 cm³/mol. The first-order valence-corrected chi connectivity index (χ1v) is 3.63. The summed E-state index contributed by atoms with van der Waals surface area (Å²) in [6, 6.07) is 6.85. The van der Waals surface area contributed by atoms with E-state index in [1.54, 1.807) is 24.3 Å². The van der Waals surface area contributed by atoms with E-state index in [2.05, 4.69) is 0 Å². The maximum Gasteiger partial charge on any atom is 0.235 e. The van der Waals surface area contributed by atoms with Crippen molar-refractivity contribution in [1.82, 2.24) is 0 Å². The van der Waals surface area contributed by atoms with Crippen molar-refractivity contribution in [3.05, 3.63) is 51.2 Å². The van der Waals surface area contributed by atoms with Crippen LogP contribution in [-0.4, -0.2) is 4.92 Å². The van der Waals surface area contributed by atoms with Crippen LogP contribution in [0.4, 0.5) is 0 Å². The fourth-order valence-electron chi connectivity index (χ4n) is 0.757. The van der Waals surface area contributed by atoms with Gasteiger partial charge in [-0.25, -0.2) is 0 Å². The molecule has 0 heterocycles. The standard InChI is InChI=1S/C8H6ClNO2/c9-8-3-1-2-7(6-8)4-5-10(11)12/h1-6H/b5-4-. The zero-order chi connectivity index (χ0) is 8.97. The molecule has 3 nitrogen and oxygen atoms in total. The van der Waals surface area contributed by atoms with Gasteiger partial charge < -0.3 is 0 Å². The average Bonchev–Trinajstić information content (AvgIpc) is 2.01. The van der Waals surface area contributed by atoms with E-state index in [1.165, 1.54) is 6.08 Å². The van der Waals surface area contributed by atoms with Gasteiger partial charge in [0.15, 0.2) is 0 Å². The molecule has 0 aliphatic heterocycles. The van der Waals surface area contributed by atoms with Crippen molar-refractivity contribution >= 4 is 17.7 Å². The summed E-state index contributed by atoms with van der Waals surface area (Å²) in [5.41, 5.74) is 0.721. The summed E-state index contributed by atoms with van der Waals surface area (Å²) < 4.78 is 0. The van der Waals surface area contributed by atoms with Gasteiger partial charge in [0.1, 0.15) is 0 Å². The molecule has 0 radical (unpaired) electrons. The van der Waals surface area contributed by atoms with E-state index in [0.717, 1.165) is 11.8 Å². The fourth-order valence-corrected chi connectivity index (χ4v) is 0.956. The van der Waals surface area contributed by atoms with Crippen molar-refractivity contribution in [3.8, 4) is 0 Å². The maximum absolute atomic E-state index is 9.94. The number of nitrogens with zero attached hydrogens (tertiary/aromatic N) is 1. The van der Waals surface area contributed by atoms with E-state index in [0.29, 0.717) is 5.02 Å². The Labute approximate surface area is 74.4 Å². The molecule has 12 heavy (non-hydrogen) atoms. The Morgan fingerprint density at radius 3 is 2.83 bits per heavy atom. The minimum atomic E-state index is -0.513. The number of benzene rings is 1. The quantitative estimate of drug-likeness (QED) is 0.523. The molecule has 0 aliphatic rings. The fraction of sp³-hybridized carbons (Fsp3) is 0. The zero-order valence-corrected chi connectivity index (χ0v) is 6.86. The third-order valence-electron chi connectivity index (χ3n) is 1.24. The molecule has 0 atom stereocenters. The molecule has 0 fully saturated rings. The van der Waals surface area contributed by atoms with E-state index >= 15 is 0 Å². The summed E-state index contributed by atoms with van der Waals surface area (Å²) in [5, 5.41) is 10.5. The van der Waals surface area contributed by atoms with E-state index in [9.17, 15) is 10.1 Å². The van der Waals surface area contributed by atoms with Crippen molar-refractivity contribution in [1.29, 1.82) is 0 Å². The highest BCUT2D eigenvalue weighted by atomic mass is 35.5. The van der Waals surface area contributed by atoms with Crippen molar-refractivity contribution in [2.45, 2.75) is 0 Å². The topological polar surface area (TPSA) is 43.1 Å². The molecule has 0 unspecified atom stereocenters.